The van der Waals surface area contributed by atoms with E-state index in [1.165, 1.54) is 276 Å². The Morgan fingerprint density at radius 1 is 0.507 bits per heavy atom. The van der Waals surface area contributed by atoms with E-state index < -0.39 is 0 Å². The molecule has 10 unspecified atom stereocenters. The minimum absolute atomic E-state index is 0.155. The molecule has 4 fully saturated rings. The van der Waals surface area contributed by atoms with E-state index in [1.807, 2.05) is 0 Å². The summed E-state index contributed by atoms with van der Waals surface area (Å²) in [4.78, 5) is 0. The van der Waals surface area contributed by atoms with Gasteiger partial charge in [0.1, 0.15) is 0 Å². The van der Waals surface area contributed by atoms with Crippen LogP contribution < -0.4 is 0 Å². The normalized spacial score (nSPS) is 32.1. The maximum absolute atomic E-state index is 5.47. The molecule has 4 aliphatic rings. The highest BCUT2D eigenvalue weighted by molar-refractivity contribution is 14.1. The first-order chi connectivity index (χ1) is 35.6. The van der Waals surface area contributed by atoms with E-state index in [2.05, 4.69) is 123 Å². The Morgan fingerprint density at radius 3 is 1.68 bits per heavy atom. The summed E-state index contributed by atoms with van der Waals surface area (Å²) < 4.78 is 0.954. The summed E-state index contributed by atoms with van der Waals surface area (Å²) in [7, 11) is 0. The molecule has 10 atom stereocenters. The molecule has 0 spiro atoms. The van der Waals surface area contributed by atoms with Crippen LogP contribution in [-0.4, -0.2) is 13.4 Å². The maximum Gasteiger partial charge on any atom is 0.0340 e. The standard InChI is InChI=1S/C72H133IS2/c1-12-14-33-60(34-19-16-17-21-50-69(7,8)66(73)44-31-49-67(3,4)47-15-13-2)62-38-27-40-65(46-56-68(5,6)48-28-41-62)64-39-26-37-63(42-29-54-71(10,74)55-30-43-64)61-35-20-24-53-72(11,75)58-59(32-25-36-61)45-57-70(9)51-22-18-23-52-70/h31,44-45,57,59-66,74-75H,12-30,32-43,46-56,58H2,1-11H3. The second-order valence-electron chi connectivity index (χ2n) is 30.9. The monoisotopic (exact) mass is 1190 g/mol. The van der Waals surface area contributed by atoms with Gasteiger partial charge in [-0.05, 0) is 147 Å². The van der Waals surface area contributed by atoms with Gasteiger partial charge in [0.2, 0.25) is 0 Å². The first-order valence-electron chi connectivity index (χ1n) is 34.0. The van der Waals surface area contributed by atoms with Crippen LogP contribution >= 0.6 is 47.8 Å². The number of halogens is 1. The molecule has 0 aliphatic heterocycles. The molecule has 0 aromatic heterocycles. The molecule has 0 radical (unpaired) electrons. The van der Waals surface area contributed by atoms with Gasteiger partial charge < -0.3 is 0 Å². The molecule has 0 bridgehead atoms. The lowest BCUT2D eigenvalue weighted by Crippen LogP contribution is -2.23. The van der Waals surface area contributed by atoms with Crippen LogP contribution in [0.3, 0.4) is 0 Å². The number of alkyl halides is 1. The minimum atomic E-state index is 0.155. The van der Waals surface area contributed by atoms with Crippen molar-refractivity contribution in [2.24, 2.45) is 63.1 Å². The molecular weight excluding hydrogens is 1060 g/mol. The van der Waals surface area contributed by atoms with Crippen molar-refractivity contribution in [2.45, 2.75) is 366 Å². The van der Waals surface area contributed by atoms with Crippen molar-refractivity contribution in [1.82, 2.24) is 0 Å². The van der Waals surface area contributed by atoms with E-state index in [0.29, 0.717) is 31.5 Å². The van der Waals surface area contributed by atoms with E-state index in [9.17, 15) is 0 Å². The van der Waals surface area contributed by atoms with Gasteiger partial charge in [0.25, 0.3) is 0 Å². The Balaban J connectivity index is 1.38. The predicted molar refractivity (Wildman–Crippen MR) is 355 cm³/mol. The van der Waals surface area contributed by atoms with Gasteiger partial charge in [-0.2, -0.15) is 25.3 Å². The molecule has 440 valence electrons. The van der Waals surface area contributed by atoms with Crippen molar-refractivity contribution in [2.75, 3.05) is 0 Å². The average Bonchev–Trinajstić information content (AvgIpc) is 3.40. The van der Waals surface area contributed by atoms with E-state index >= 15 is 0 Å². The number of allylic oxidation sites excluding steroid dienone is 4. The minimum Gasteiger partial charge on any atom is -0.173 e. The first-order valence-corrected chi connectivity index (χ1v) is 36.1. The average molecular weight is 1190 g/mol. The number of rotatable bonds is 22. The molecule has 3 heteroatoms. The Kier molecular flexibility index (Phi) is 32.1. The SMILES string of the molecule is CCCCC(CCCCCCC(C)(C)C(I)C=CCC(C)(C)CCCC)C1CCCC(C2CCCC(C3CCCCC(C)(S)CC(C=CC4(C)CCCCC4)CCC3)CCCC(C)(S)CCC2)CCC(C)(C)CCC1. The summed E-state index contributed by atoms with van der Waals surface area (Å²) in [5.41, 5.74) is 1.70. The lowest BCUT2D eigenvalue weighted by molar-refractivity contribution is 0.184. The zero-order chi connectivity index (χ0) is 54.9. The number of thiol groups is 2. The molecule has 0 saturated heterocycles. The third-order valence-corrected chi connectivity index (χ3v) is 24.6. The van der Waals surface area contributed by atoms with E-state index in [-0.39, 0.29) is 9.49 Å². The highest BCUT2D eigenvalue weighted by atomic mass is 127. The molecule has 75 heavy (non-hydrogen) atoms. The van der Waals surface area contributed by atoms with Crippen molar-refractivity contribution in [3.8, 4) is 0 Å². The van der Waals surface area contributed by atoms with E-state index in [1.54, 1.807) is 0 Å². The maximum atomic E-state index is 5.47. The smallest absolute Gasteiger partial charge is 0.0340 e. The van der Waals surface area contributed by atoms with E-state index in [4.69, 9.17) is 25.3 Å². The quantitative estimate of drug-likeness (QED) is 0.0349. The first kappa shape index (κ1) is 68.4. The Bertz CT molecular complexity index is 1530. The van der Waals surface area contributed by atoms with Crippen LogP contribution in [0, 0.1) is 63.1 Å². The third-order valence-electron chi connectivity index (χ3n) is 21.7. The van der Waals surface area contributed by atoms with Gasteiger partial charge in [0.15, 0.2) is 0 Å². The molecule has 4 rings (SSSR count). The topological polar surface area (TPSA) is 0 Å². The van der Waals surface area contributed by atoms with Crippen molar-refractivity contribution in [3.63, 3.8) is 0 Å². The molecule has 4 aliphatic carbocycles. The second-order valence-corrected chi connectivity index (χ2v) is 34.4. The van der Waals surface area contributed by atoms with Crippen LogP contribution in [0.1, 0.15) is 352 Å². The van der Waals surface area contributed by atoms with Gasteiger partial charge in [-0.1, -0.05) is 316 Å². The van der Waals surface area contributed by atoms with Crippen molar-refractivity contribution < 1.29 is 0 Å². The van der Waals surface area contributed by atoms with Gasteiger partial charge in [0, 0.05) is 13.4 Å². The Morgan fingerprint density at radius 2 is 1.03 bits per heavy atom. The number of hydrogen-bond donors (Lipinski definition) is 2. The highest BCUT2D eigenvalue weighted by Gasteiger charge is 2.33. The van der Waals surface area contributed by atoms with Crippen LogP contribution in [0.2, 0.25) is 0 Å². The number of hydrogen-bond acceptors (Lipinski definition) is 2. The van der Waals surface area contributed by atoms with E-state index in [0.717, 1.165) is 35.5 Å². The van der Waals surface area contributed by atoms with Gasteiger partial charge in [-0.3, -0.25) is 0 Å². The molecule has 0 aromatic carbocycles. The highest BCUT2D eigenvalue weighted by Crippen LogP contribution is 2.46. The molecule has 0 aromatic rings. The fourth-order valence-electron chi connectivity index (χ4n) is 16.0. The van der Waals surface area contributed by atoms with Gasteiger partial charge in [-0.15, -0.1) is 0 Å². The molecule has 0 heterocycles. The fourth-order valence-corrected chi connectivity index (χ4v) is 17.3. The fraction of sp³-hybridized carbons (Fsp3) is 0.944. The van der Waals surface area contributed by atoms with Crippen molar-refractivity contribution >= 4 is 47.8 Å². The van der Waals surface area contributed by atoms with Crippen molar-refractivity contribution in [3.05, 3.63) is 24.3 Å². The molecule has 0 amide bonds. The van der Waals surface area contributed by atoms with Crippen LogP contribution in [0.4, 0.5) is 0 Å². The van der Waals surface area contributed by atoms with Gasteiger partial charge in [-0.25, -0.2) is 0 Å². The lowest BCUT2D eigenvalue weighted by atomic mass is 9.72. The summed E-state index contributed by atoms with van der Waals surface area (Å²) in [5.74, 6) is 6.21. The Hall–Kier alpha value is 0.910. The molecule has 4 saturated carbocycles. The summed E-state index contributed by atoms with van der Waals surface area (Å²) >= 11 is 13.6. The predicted octanol–water partition coefficient (Wildman–Crippen LogP) is 25.5. The largest absolute Gasteiger partial charge is 0.173 e. The second kappa shape index (κ2) is 35.1. The molecular formula is C72H133IS2. The lowest BCUT2D eigenvalue weighted by Gasteiger charge is -2.35. The zero-order valence-electron chi connectivity index (χ0n) is 52.6. The molecule has 0 nitrogen and oxygen atoms in total. The summed E-state index contributed by atoms with van der Waals surface area (Å²) in [6, 6.07) is 0. The summed E-state index contributed by atoms with van der Waals surface area (Å²) in [6.45, 7) is 27.6. The van der Waals surface area contributed by atoms with Crippen molar-refractivity contribution in [1.29, 1.82) is 0 Å². The van der Waals surface area contributed by atoms with Crippen LogP contribution in [0.25, 0.3) is 0 Å². The zero-order valence-corrected chi connectivity index (χ0v) is 56.6. The summed E-state index contributed by atoms with van der Waals surface area (Å²) in [5, 5.41) is 0. The third kappa shape index (κ3) is 28.2. The van der Waals surface area contributed by atoms with Gasteiger partial charge in [0.05, 0.1) is 0 Å². The Labute approximate surface area is 497 Å². The number of unbranched alkanes of at least 4 members (excludes halogenated alkanes) is 5. The van der Waals surface area contributed by atoms with Crippen LogP contribution in [0.15, 0.2) is 24.3 Å². The van der Waals surface area contributed by atoms with Gasteiger partial charge >= 0.3 is 0 Å². The molecule has 0 N–H and O–H groups in total. The van der Waals surface area contributed by atoms with Crippen LogP contribution in [-0.2, 0) is 0 Å². The summed E-state index contributed by atoms with van der Waals surface area (Å²) in [6.07, 6.45) is 71.2. The van der Waals surface area contributed by atoms with Crippen LogP contribution in [0.5, 0.6) is 0 Å².